The number of likely N-dealkylation sites (tertiary alicyclic amines) is 1. The Bertz CT molecular complexity index is 693. The number of pyridine rings is 1. The van der Waals surface area contributed by atoms with E-state index in [4.69, 9.17) is 11.6 Å². The van der Waals surface area contributed by atoms with E-state index in [1.807, 2.05) is 11.8 Å². The number of halogens is 1. The zero-order valence-electron chi connectivity index (χ0n) is 13.2. The molecule has 1 N–H and O–H groups in total. The summed E-state index contributed by atoms with van der Waals surface area (Å²) in [5.74, 6) is 1.45. The van der Waals surface area contributed by atoms with E-state index >= 15 is 0 Å². The average molecular weight is 351 g/mol. The third-order valence-electron chi connectivity index (χ3n) is 4.02. The van der Waals surface area contributed by atoms with Crippen molar-refractivity contribution >= 4 is 39.8 Å². The number of amides is 1. The number of anilines is 2. The SMILES string of the molecule is Cc1nc(Nc2ccc(Cl)cn2)sc1C(=O)N1CCC(C)CC1. The van der Waals surface area contributed by atoms with Gasteiger partial charge < -0.3 is 10.2 Å². The van der Waals surface area contributed by atoms with Crippen LogP contribution in [0.1, 0.15) is 35.1 Å². The number of nitrogens with one attached hydrogen (secondary N) is 1. The van der Waals surface area contributed by atoms with Crippen molar-refractivity contribution in [2.24, 2.45) is 5.92 Å². The minimum absolute atomic E-state index is 0.0871. The molecule has 122 valence electrons. The molecule has 2 aromatic heterocycles. The van der Waals surface area contributed by atoms with Gasteiger partial charge in [0.15, 0.2) is 5.13 Å². The second-order valence-electron chi connectivity index (χ2n) is 5.89. The molecule has 7 heteroatoms. The highest BCUT2D eigenvalue weighted by atomic mass is 35.5. The molecular formula is C16H19ClN4OS. The number of thiazole rings is 1. The van der Waals surface area contributed by atoms with Crippen molar-refractivity contribution < 1.29 is 4.79 Å². The highest BCUT2D eigenvalue weighted by Gasteiger charge is 2.25. The molecule has 0 spiro atoms. The van der Waals surface area contributed by atoms with Gasteiger partial charge in [0.2, 0.25) is 0 Å². The van der Waals surface area contributed by atoms with Gasteiger partial charge in [-0.1, -0.05) is 29.9 Å². The lowest BCUT2D eigenvalue weighted by Gasteiger charge is -2.29. The molecule has 0 atom stereocenters. The minimum atomic E-state index is 0.0871. The van der Waals surface area contributed by atoms with Crippen LogP contribution in [-0.4, -0.2) is 33.9 Å². The first-order chi connectivity index (χ1) is 11.0. The summed E-state index contributed by atoms with van der Waals surface area (Å²) < 4.78 is 0. The fourth-order valence-corrected chi connectivity index (χ4v) is 3.62. The van der Waals surface area contributed by atoms with Crippen molar-refractivity contribution in [3.8, 4) is 0 Å². The standard InChI is InChI=1S/C16H19ClN4OS/c1-10-5-7-21(8-6-10)15(22)14-11(2)19-16(23-14)20-13-4-3-12(17)9-18-13/h3-4,9-10H,5-8H2,1-2H3,(H,18,19,20). The van der Waals surface area contributed by atoms with Gasteiger partial charge in [-0.05, 0) is 37.8 Å². The third kappa shape index (κ3) is 3.82. The molecule has 0 bridgehead atoms. The Kier molecular flexibility index (Phi) is 4.82. The van der Waals surface area contributed by atoms with Crippen LogP contribution in [0.15, 0.2) is 18.3 Å². The Labute approximate surface area is 144 Å². The molecule has 0 aromatic carbocycles. The van der Waals surface area contributed by atoms with E-state index in [1.54, 1.807) is 18.3 Å². The van der Waals surface area contributed by atoms with E-state index in [2.05, 4.69) is 22.2 Å². The van der Waals surface area contributed by atoms with Gasteiger partial charge in [-0.25, -0.2) is 9.97 Å². The van der Waals surface area contributed by atoms with Crippen molar-refractivity contribution in [1.29, 1.82) is 0 Å². The highest BCUT2D eigenvalue weighted by molar-refractivity contribution is 7.17. The molecule has 1 fully saturated rings. The minimum Gasteiger partial charge on any atom is -0.338 e. The molecule has 23 heavy (non-hydrogen) atoms. The topological polar surface area (TPSA) is 58.1 Å². The molecule has 3 rings (SSSR count). The Morgan fingerprint density at radius 2 is 2.13 bits per heavy atom. The molecule has 0 radical (unpaired) electrons. The summed E-state index contributed by atoms with van der Waals surface area (Å²) in [4.78, 5) is 23.9. The number of aryl methyl sites for hydroxylation is 1. The largest absolute Gasteiger partial charge is 0.338 e. The molecule has 5 nitrogen and oxygen atoms in total. The van der Waals surface area contributed by atoms with E-state index in [1.165, 1.54) is 11.3 Å². The van der Waals surface area contributed by atoms with Crippen LogP contribution in [0.3, 0.4) is 0 Å². The summed E-state index contributed by atoms with van der Waals surface area (Å²) in [6.07, 6.45) is 3.72. The predicted molar refractivity (Wildman–Crippen MR) is 93.7 cm³/mol. The van der Waals surface area contributed by atoms with Gasteiger partial charge in [-0.2, -0.15) is 0 Å². The maximum absolute atomic E-state index is 12.7. The quantitative estimate of drug-likeness (QED) is 0.904. The number of carbonyl (C=O) groups is 1. The van der Waals surface area contributed by atoms with Gasteiger partial charge in [0, 0.05) is 19.3 Å². The lowest BCUT2D eigenvalue weighted by atomic mass is 9.99. The van der Waals surface area contributed by atoms with Crippen LogP contribution < -0.4 is 5.32 Å². The van der Waals surface area contributed by atoms with Gasteiger partial charge in [-0.3, -0.25) is 4.79 Å². The lowest BCUT2D eigenvalue weighted by Crippen LogP contribution is -2.37. The molecule has 1 amide bonds. The Balaban J connectivity index is 1.72. The van der Waals surface area contributed by atoms with E-state index in [-0.39, 0.29) is 5.91 Å². The molecule has 3 heterocycles. The number of nitrogens with zero attached hydrogens (tertiary/aromatic N) is 3. The number of carbonyl (C=O) groups excluding carboxylic acids is 1. The van der Waals surface area contributed by atoms with Gasteiger partial charge in [0.1, 0.15) is 10.7 Å². The van der Waals surface area contributed by atoms with E-state index in [9.17, 15) is 4.79 Å². The first-order valence-corrected chi connectivity index (χ1v) is 8.87. The fraction of sp³-hybridized carbons (Fsp3) is 0.438. The Hall–Kier alpha value is -1.66. The molecule has 0 saturated carbocycles. The smallest absolute Gasteiger partial charge is 0.265 e. The van der Waals surface area contributed by atoms with E-state index in [0.717, 1.165) is 31.6 Å². The molecule has 0 unspecified atom stereocenters. The third-order valence-corrected chi connectivity index (χ3v) is 5.31. The van der Waals surface area contributed by atoms with Crippen molar-refractivity contribution in [3.05, 3.63) is 33.9 Å². The summed E-state index contributed by atoms with van der Waals surface area (Å²) in [7, 11) is 0. The second-order valence-corrected chi connectivity index (χ2v) is 7.33. The van der Waals surface area contributed by atoms with E-state index in [0.29, 0.717) is 26.8 Å². The van der Waals surface area contributed by atoms with Crippen LogP contribution in [0.2, 0.25) is 5.02 Å². The Morgan fingerprint density at radius 3 is 2.78 bits per heavy atom. The van der Waals surface area contributed by atoms with Crippen LogP contribution >= 0.6 is 22.9 Å². The summed E-state index contributed by atoms with van der Waals surface area (Å²) >= 11 is 7.20. The molecule has 1 aliphatic rings. The maximum atomic E-state index is 12.7. The van der Waals surface area contributed by atoms with Gasteiger partial charge in [-0.15, -0.1) is 0 Å². The Morgan fingerprint density at radius 1 is 1.39 bits per heavy atom. The summed E-state index contributed by atoms with van der Waals surface area (Å²) in [6, 6.07) is 3.55. The van der Waals surface area contributed by atoms with Crippen molar-refractivity contribution in [1.82, 2.24) is 14.9 Å². The van der Waals surface area contributed by atoms with Crippen LogP contribution in [-0.2, 0) is 0 Å². The predicted octanol–water partition coefficient (Wildman–Crippen LogP) is 4.12. The number of aromatic nitrogens is 2. The molecule has 2 aromatic rings. The normalized spacial score (nSPS) is 15.7. The summed E-state index contributed by atoms with van der Waals surface area (Å²) in [6.45, 7) is 5.77. The maximum Gasteiger partial charge on any atom is 0.265 e. The summed E-state index contributed by atoms with van der Waals surface area (Å²) in [5, 5.41) is 4.38. The van der Waals surface area contributed by atoms with Crippen LogP contribution in [0.25, 0.3) is 0 Å². The van der Waals surface area contributed by atoms with Crippen LogP contribution in [0.4, 0.5) is 10.9 Å². The summed E-state index contributed by atoms with van der Waals surface area (Å²) in [5.41, 5.74) is 0.759. The zero-order chi connectivity index (χ0) is 16.4. The van der Waals surface area contributed by atoms with Gasteiger partial charge in [0.05, 0.1) is 10.7 Å². The lowest BCUT2D eigenvalue weighted by molar-refractivity contribution is 0.0701. The first kappa shape index (κ1) is 16.2. The number of rotatable bonds is 3. The van der Waals surface area contributed by atoms with Crippen LogP contribution in [0, 0.1) is 12.8 Å². The van der Waals surface area contributed by atoms with Crippen molar-refractivity contribution in [2.45, 2.75) is 26.7 Å². The number of piperidine rings is 1. The second kappa shape index (κ2) is 6.84. The highest BCUT2D eigenvalue weighted by Crippen LogP contribution is 2.28. The fourth-order valence-electron chi connectivity index (χ4n) is 2.56. The van der Waals surface area contributed by atoms with Crippen molar-refractivity contribution in [3.63, 3.8) is 0 Å². The van der Waals surface area contributed by atoms with E-state index < -0.39 is 0 Å². The van der Waals surface area contributed by atoms with Gasteiger partial charge >= 0.3 is 0 Å². The molecule has 0 aliphatic carbocycles. The van der Waals surface area contributed by atoms with Crippen LogP contribution in [0.5, 0.6) is 0 Å². The number of hydrogen-bond donors (Lipinski definition) is 1. The molecule has 1 aliphatic heterocycles. The average Bonchev–Trinajstić information content (AvgIpc) is 2.90. The number of hydrogen-bond acceptors (Lipinski definition) is 5. The monoisotopic (exact) mass is 350 g/mol. The first-order valence-electron chi connectivity index (χ1n) is 7.68. The van der Waals surface area contributed by atoms with Gasteiger partial charge in [0.25, 0.3) is 5.91 Å². The zero-order valence-corrected chi connectivity index (χ0v) is 14.7. The van der Waals surface area contributed by atoms with Crippen molar-refractivity contribution in [2.75, 3.05) is 18.4 Å². The molecular weight excluding hydrogens is 332 g/mol. The molecule has 1 saturated heterocycles.